The molecule has 1 aromatic carbocycles. The average Bonchev–Trinajstić information content (AvgIpc) is 2.66. The number of nitrogens with zero attached hydrogens (tertiary/aromatic N) is 2. The number of carboxylic acids is 1. The topological polar surface area (TPSA) is 63.1 Å². The molecule has 0 atom stereocenters. The van der Waals surface area contributed by atoms with E-state index in [-0.39, 0.29) is 5.69 Å². The predicted octanol–water partition coefficient (Wildman–Crippen LogP) is 2.43. The fraction of sp³-hybridized carbons (Fsp3) is 0. The van der Waals surface area contributed by atoms with Crippen molar-refractivity contribution in [2.24, 2.45) is 0 Å². The molecule has 0 radical (unpaired) electrons. The summed E-state index contributed by atoms with van der Waals surface area (Å²) >= 11 is 0. The van der Waals surface area contributed by atoms with Crippen molar-refractivity contribution in [3.63, 3.8) is 0 Å². The summed E-state index contributed by atoms with van der Waals surface area (Å²) in [7, 11) is 0. The largest absolute Gasteiger partial charge is 0.476 e. The van der Waals surface area contributed by atoms with Crippen molar-refractivity contribution in [2.45, 2.75) is 0 Å². The number of aromatic nitrogens is 2. The van der Waals surface area contributed by atoms with Gasteiger partial charge in [0.2, 0.25) is 0 Å². The molecular weight excluding hydrogens is 216 g/mol. The molecule has 1 aromatic rings. The molecule has 17 heavy (non-hydrogen) atoms. The van der Waals surface area contributed by atoms with Gasteiger partial charge in [-0.15, -0.1) is 10.2 Å². The van der Waals surface area contributed by atoms with Crippen molar-refractivity contribution in [1.29, 1.82) is 0 Å². The van der Waals surface area contributed by atoms with E-state index in [9.17, 15) is 4.79 Å². The maximum Gasteiger partial charge on any atom is 0.357 e. The van der Waals surface area contributed by atoms with E-state index in [1.807, 2.05) is 36.4 Å². The van der Waals surface area contributed by atoms with Gasteiger partial charge in [0.15, 0.2) is 5.69 Å². The summed E-state index contributed by atoms with van der Waals surface area (Å²) in [6.45, 7) is 0. The van der Waals surface area contributed by atoms with Gasteiger partial charge in [-0.2, -0.15) is 0 Å². The van der Waals surface area contributed by atoms with Crippen molar-refractivity contribution in [3.8, 4) is 11.3 Å². The number of carbonyl (C=O) groups is 1. The Bertz CT molecular complexity index is 694. The molecule has 0 amide bonds. The van der Waals surface area contributed by atoms with E-state index < -0.39 is 5.97 Å². The number of carboxylic acid groups (broad SMARTS) is 1. The molecule has 0 aromatic heterocycles. The minimum atomic E-state index is -1.05. The van der Waals surface area contributed by atoms with E-state index in [1.54, 1.807) is 6.07 Å². The number of fused-ring (bicyclic) bond motifs is 3. The van der Waals surface area contributed by atoms with Crippen molar-refractivity contribution < 1.29 is 9.90 Å². The molecule has 0 unspecified atom stereocenters. The Morgan fingerprint density at radius 1 is 1.00 bits per heavy atom. The number of aromatic carboxylic acids is 1. The summed E-state index contributed by atoms with van der Waals surface area (Å²) in [6, 6.07) is 13.2. The molecule has 4 heteroatoms. The van der Waals surface area contributed by atoms with Crippen LogP contribution in [0.3, 0.4) is 0 Å². The van der Waals surface area contributed by atoms with Crippen molar-refractivity contribution in [3.05, 3.63) is 48.2 Å². The fourth-order valence-electron chi connectivity index (χ4n) is 1.94. The number of benzene rings is 1. The minimum absolute atomic E-state index is 0.00125. The minimum Gasteiger partial charge on any atom is -0.476 e. The van der Waals surface area contributed by atoms with Gasteiger partial charge in [0, 0.05) is 10.9 Å². The third-order valence-corrected chi connectivity index (χ3v) is 2.72. The standard InChI is InChI=1S/C13H8N2O2/c16-13(17)12-10-7-3-5-8-4-1-2-6-9(8)11(10)14-15-12/h1-7H,(H,16,17). The van der Waals surface area contributed by atoms with Gasteiger partial charge >= 0.3 is 5.97 Å². The van der Waals surface area contributed by atoms with Gasteiger partial charge in [-0.3, -0.25) is 0 Å². The van der Waals surface area contributed by atoms with Gasteiger partial charge in [0.25, 0.3) is 0 Å². The Morgan fingerprint density at radius 2 is 1.76 bits per heavy atom. The van der Waals surface area contributed by atoms with Gasteiger partial charge in [0.05, 0.1) is 0 Å². The molecule has 3 rings (SSSR count). The second-order valence-electron chi connectivity index (χ2n) is 3.73. The van der Waals surface area contributed by atoms with Crippen LogP contribution >= 0.6 is 0 Å². The molecule has 0 bridgehead atoms. The Labute approximate surface area is 96.9 Å². The number of hydrogen-bond donors (Lipinski definition) is 1. The molecule has 1 aliphatic heterocycles. The summed E-state index contributed by atoms with van der Waals surface area (Å²) < 4.78 is 0. The smallest absolute Gasteiger partial charge is 0.357 e. The first kappa shape index (κ1) is 9.72. The van der Waals surface area contributed by atoms with E-state index in [2.05, 4.69) is 10.2 Å². The number of hydrogen-bond acceptors (Lipinski definition) is 3. The highest BCUT2D eigenvalue weighted by Gasteiger charge is 2.19. The van der Waals surface area contributed by atoms with Gasteiger partial charge in [-0.1, -0.05) is 42.5 Å². The van der Waals surface area contributed by atoms with E-state index in [0.29, 0.717) is 11.3 Å². The van der Waals surface area contributed by atoms with Gasteiger partial charge in [-0.25, -0.2) is 4.79 Å². The van der Waals surface area contributed by atoms with Crippen LogP contribution in [0.4, 0.5) is 0 Å². The summed E-state index contributed by atoms with van der Waals surface area (Å²) in [4.78, 5) is 11.0. The van der Waals surface area contributed by atoms with Gasteiger partial charge in [-0.05, 0) is 5.39 Å². The lowest BCUT2D eigenvalue weighted by Gasteiger charge is -1.95. The zero-order valence-electron chi connectivity index (χ0n) is 8.79. The van der Waals surface area contributed by atoms with Crippen molar-refractivity contribution >= 4 is 16.7 Å². The maximum atomic E-state index is 11.0. The van der Waals surface area contributed by atoms with E-state index in [0.717, 1.165) is 10.8 Å². The Morgan fingerprint density at radius 3 is 2.59 bits per heavy atom. The summed E-state index contributed by atoms with van der Waals surface area (Å²) in [5.74, 6) is -1.05. The molecule has 1 heterocycles. The lowest BCUT2D eigenvalue weighted by atomic mass is 10.1. The molecule has 0 spiro atoms. The second-order valence-corrected chi connectivity index (χ2v) is 3.73. The number of rotatable bonds is 1. The molecule has 2 aliphatic rings. The predicted molar refractivity (Wildman–Crippen MR) is 63.1 cm³/mol. The lowest BCUT2D eigenvalue weighted by Crippen LogP contribution is -1.97. The van der Waals surface area contributed by atoms with E-state index in [1.165, 1.54) is 0 Å². The third kappa shape index (κ3) is 1.42. The summed E-state index contributed by atoms with van der Waals surface area (Å²) in [5.41, 5.74) is 1.20. The Hall–Kier alpha value is -2.49. The van der Waals surface area contributed by atoms with Gasteiger partial charge < -0.3 is 5.11 Å². The van der Waals surface area contributed by atoms with Crippen LogP contribution in [0.25, 0.3) is 22.0 Å². The fourth-order valence-corrected chi connectivity index (χ4v) is 1.94. The van der Waals surface area contributed by atoms with Crippen LogP contribution in [0, 0.1) is 0 Å². The van der Waals surface area contributed by atoms with Crippen molar-refractivity contribution in [2.75, 3.05) is 0 Å². The van der Waals surface area contributed by atoms with E-state index in [4.69, 9.17) is 5.11 Å². The van der Waals surface area contributed by atoms with Gasteiger partial charge in [0.1, 0.15) is 5.69 Å². The highest BCUT2D eigenvalue weighted by atomic mass is 16.4. The first-order chi connectivity index (χ1) is 8.27. The molecule has 82 valence electrons. The highest BCUT2D eigenvalue weighted by molar-refractivity contribution is 6.01. The first-order valence-corrected chi connectivity index (χ1v) is 5.15. The lowest BCUT2D eigenvalue weighted by molar-refractivity contribution is 0.0691. The van der Waals surface area contributed by atoms with E-state index >= 15 is 0 Å². The SMILES string of the molecule is O=C(O)c1nnc2c3ccccc3cccc1-2. The molecule has 4 nitrogen and oxygen atoms in total. The van der Waals surface area contributed by atoms with Crippen LogP contribution < -0.4 is 0 Å². The van der Waals surface area contributed by atoms with Crippen LogP contribution in [-0.2, 0) is 0 Å². The van der Waals surface area contributed by atoms with Crippen molar-refractivity contribution in [1.82, 2.24) is 10.2 Å². The van der Waals surface area contributed by atoms with Crippen LogP contribution in [-0.4, -0.2) is 21.3 Å². The third-order valence-electron chi connectivity index (χ3n) is 2.72. The zero-order valence-corrected chi connectivity index (χ0v) is 8.79. The normalized spacial score (nSPS) is 10.8. The molecule has 0 saturated carbocycles. The van der Waals surface area contributed by atoms with Crippen LogP contribution in [0.15, 0.2) is 42.5 Å². The Balaban J connectivity index is 2.43. The van der Waals surface area contributed by atoms with Crippen LogP contribution in [0.2, 0.25) is 0 Å². The highest BCUT2D eigenvalue weighted by Crippen LogP contribution is 2.29. The molecular formula is C13H8N2O2. The Kier molecular flexibility index (Phi) is 2.01. The maximum absolute atomic E-state index is 11.0. The second kappa shape index (κ2) is 3.52. The first-order valence-electron chi connectivity index (χ1n) is 5.15. The summed E-state index contributed by atoms with van der Waals surface area (Å²) in [5, 5.41) is 18.6. The molecule has 1 aliphatic carbocycles. The summed E-state index contributed by atoms with van der Waals surface area (Å²) in [6.07, 6.45) is 0. The average molecular weight is 224 g/mol. The molecule has 0 fully saturated rings. The molecule has 1 N–H and O–H groups in total. The monoisotopic (exact) mass is 224 g/mol. The van der Waals surface area contributed by atoms with Crippen LogP contribution in [0.5, 0.6) is 0 Å². The zero-order chi connectivity index (χ0) is 11.8. The molecule has 0 saturated heterocycles. The quantitative estimate of drug-likeness (QED) is 0.689. The van der Waals surface area contributed by atoms with Crippen LogP contribution in [0.1, 0.15) is 10.5 Å².